The number of fused-ring (bicyclic) bond motifs is 1. The third kappa shape index (κ3) is 2.26. The van der Waals surface area contributed by atoms with Crippen LogP contribution in [0.5, 0.6) is 0 Å². The van der Waals surface area contributed by atoms with E-state index in [0.29, 0.717) is 0 Å². The highest BCUT2D eigenvalue weighted by atomic mass is 32.1. The van der Waals surface area contributed by atoms with Gasteiger partial charge in [-0.1, -0.05) is 41.7 Å². The minimum Gasteiger partial charge on any atom is -0.357 e. The highest BCUT2D eigenvalue weighted by molar-refractivity contribution is 7.22. The van der Waals surface area contributed by atoms with Crippen LogP contribution in [0.3, 0.4) is 0 Å². The van der Waals surface area contributed by atoms with E-state index in [9.17, 15) is 0 Å². The summed E-state index contributed by atoms with van der Waals surface area (Å²) in [7, 11) is 0. The molecule has 0 fully saturated rings. The number of nitrogens with zero attached hydrogens (tertiary/aromatic N) is 2. The lowest BCUT2D eigenvalue weighted by molar-refractivity contribution is 1.14. The molecule has 4 heteroatoms. The van der Waals surface area contributed by atoms with Crippen molar-refractivity contribution in [2.45, 2.75) is 6.54 Å². The zero-order chi connectivity index (χ0) is 11.5. The van der Waals surface area contributed by atoms with E-state index in [4.69, 9.17) is 0 Å². The third-order valence-corrected chi connectivity index (χ3v) is 3.47. The Morgan fingerprint density at radius 1 is 1.12 bits per heavy atom. The fourth-order valence-corrected chi connectivity index (χ4v) is 2.46. The zero-order valence-corrected chi connectivity index (χ0v) is 9.95. The molecule has 17 heavy (non-hydrogen) atoms. The Hall–Kier alpha value is -1.94. The van der Waals surface area contributed by atoms with Gasteiger partial charge in [0.2, 0.25) is 0 Å². The molecule has 0 saturated carbocycles. The molecule has 1 N–H and O–H groups in total. The van der Waals surface area contributed by atoms with Crippen LogP contribution in [0.1, 0.15) is 5.56 Å². The van der Waals surface area contributed by atoms with E-state index in [2.05, 4.69) is 27.4 Å². The largest absolute Gasteiger partial charge is 0.357 e. The number of hydrogen-bond acceptors (Lipinski definition) is 4. The summed E-state index contributed by atoms with van der Waals surface area (Å²) in [5.41, 5.74) is 2.21. The average molecular weight is 241 g/mol. The van der Waals surface area contributed by atoms with E-state index in [1.165, 1.54) is 5.56 Å². The number of nitrogens with one attached hydrogen (secondary N) is 1. The Kier molecular flexibility index (Phi) is 2.71. The van der Waals surface area contributed by atoms with Crippen LogP contribution in [0.25, 0.3) is 10.2 Å². The summed E-state index contributed by atoms with van der Waals surface area (Å²) >= 11 is 1.65. The quantitative estimate of drug-likeness (QED) is 0.764. The van der Waals surface area contributed by atoms with Crippen molar-refractivity contribution < 1.29 is 0 Å². The molecular weight excluding hydrogens is 230 g/mol. The first-order valence-corrected chi connectivity index (χ1v) is 6.22. The van der Waals surface area contributed by atoms with Gasteiger partial charge in [-0.3, -0.25) is 4.98 Å². The standard InChI is InChI=1S/C13H11N3S/c1-2-4-10(5-3-1)8-15-13-16-11-9-14-7-6-12(11)17-13/h1-7,9H,8H2,(H,15,16). The summed E-state index contributed by atoms with van der Waals surface area (Å²) in [6.45, 7) is 0.800. The van der Waals surface area contributed by atoms with Crippen LogP contribution in [-0.4, -0.2) is 9.97 Å². The Balaban J connectivity index is 1.77. The lowest BCUT2D eigenvalue weighted by Crippen LogP contribution is -1.97. The summed E-state index contributed by atoms with van der Waals surface area (Å²) in [5, 5.41) is 4.27. The predicted molar refractivity (Wildman–Crippen MR) is 71.2 cm³/mol. The molecule has 0 unspecified atom stereocenters. The second-order valence-corrected chi connectivity index (χ2v) is 4.73. The smallest absolute Gasteiger partial charge is 0.184 e. The van der Waals surface area contributed by atoms with Gasteiger partial charge in [0, 0.05) is 12.7 Å². The topological polar surface area (TPSA) is 37.8 Å². The number of hydrogen-bond donors (Lipinski definition) is 1. The molecule has 3 nitrogen and oxygen atoms in total. The SMILES string of the molecule is c1ccc(CNc2nc3cnccc3s2)cc1. The van der Waals surface area contributed by atoms with Gasteiger partial charge in [-0.25, -0.2) is 4.98 Å². The molecule has 0 spiro atoms. The van der Waals surface area contributed by atoms with Crippen molar-refractivity contribution in [1.82, 2.24) is 9.97 Å². The number of thiazole rings is 1. The highest BCUT2D eigenvalue weighted by Crippen LogP contribution is 2.24. The second-order valence-electron chi connectivity index (χ2n) is 3.70. The molecule has 2 heterocycles. The van der Waals surface area contributed by atoms with E-state index >= 15 is 0 Å². The summed E-state index contributed by atoms with van der Waals surface area (Å²) in [6.07, 6.45) is 3.58. The maximum Gasteiger partial charge on any atom is 0.184 e. The molecule has 0 amide bonds. The van der Waals surface area contributed by atoms with Crippen LogP contribution in [-0.2, 0) is 6.54 Å². The number of aromatic nitrogens is 2. The maximum atomic E-state index is 4.47. The van der Waals surface area contributed by atoms with Crippen molar-refractivity contribution in [2.24, 2.45) is 0 Å². The Morgan fingerprint density at radius 3 is 2.82 bits per heavy atom. The summed E-state index contributed by atoms with van der Waals surface area (Å²) in [5.74, 6) is 0. The van der Waals surface area contributed by atoms with E-state index in [1.54, 1.807) is 23.7 Å². The molecule has 0 aliphatic heterocycles. The molecule has 0 bridgehead atoms. The normalized spacial score (nSPS) is 10.6. The van der Waals surface area contributed by atoms with Crippen LogP contribution in [0.4, 0.5) is 5.13 Å². The van der Waals surface area contributed by atoms with E-state index in [-0.39, 0.29) is 0 Å². The molecule has 0 aliphatic carbocycles. The van der Waals surface area contributed by atoms with Gasteiger partial charge in [-0.05, 0) is 11.6 Å². The fraction of sp³-hybridized carbons (Fsp3) is 0.0769. The monoisotopic (exact) mass is 241 g/mol. The van der Waals surface area contributed by atoms with E-state index in [1.807, 2.05) is 24.3 Å². The lowest BCUT2D eigenvalue weighted by Gasteiger charge is -2.01. The Labute approximate surface area is 103 Å². The maximum absolute atomic E-state index is 4.47. The fourth-order valence-electron chi connectivity index (χ4n) is 1.63. The summed E-state index contributed by atoms with van der Waals surface area (Å²) in [4.78, 5) is 8.53. The van der Waals surface area contributed by atoms with Crippen LogP contribution in [0.2, 0.25) is 0 Å². The molecule has 2 aromatic heterocycles. The predicted octanol–water partition coefficient (Wildman–Crippen LogP) is 3.30. The van der Waals surface area contributed by atoms with Crippen molar-refractivity contribution in [3.8, 4) is 0 Å². The first-order valence-electron chi connectivity index (χ1n) is 5.40. The number of anilines is 1. The molecule has 1 aromatic carbocycles. The summed E-state index contributed by atoms with van der Waals surface area (Å²) < 4.78 is 1.16. The molecule has 0 atom stereocenters. The van der Waals surface area contributed by atoms with Gasteiger partial charge >= 0.3 is 0 Å². The Morgan fingerprint density at radius 2 is 2.00 bits per heavy atom. The second kappa shape index (κ2) is 4.51. The first kappa shape index (κ1) is 10.2. The molecule has 3 rings (SSSR count). The van der Waals surface area contributed by atoms with Gasteiger partial charge in [0.1, 0.15) is 5.52 Å². The minimum absolute atomic E-state index is 0.800. The van der Waals surface area contributed by atoms with Gasteiger partial charge in [0.25, 0.3) is 0 Å². The van der Waals surface area contributed by atoms with Crippen LogP contribution in [0.15, 0.2) is 48.8 Å². The third-order valence-electron chi connectivity index (χ3n) is 2.48. The average Bonchev–Trinajstić information content (AvgIpc) is 2.80. The molecule has 84 valence electrons. The minimum atomic E-state index is 0.800. The van der Waals surface area contributed by atoms with Crippen molar-refractivity contribution in [2.75, 3.05) is 5.32 Å². The van der Waals surface area contributed by atoms with E-state index in [0.717, 1.165) is 21.9 Å². The van der Waals surface area contributed by atoms with Crippen molar-refractivity contribution >= 4 is 26.7 Å². The van der Waals surface area contributed by atoms with Crippen LogP contribution >= 0.6 is 11.3 Å². The van der Waals surface area contributed by atoms with Crippen molar-refractivity contribution in [3.63, 3.8) is 0 Å². The Bertz CT molecular complexity index is 586. The van der Waals surface area contributed by atoms with Gasteiger partial charge in [-0.2, -0.15) is 0 Å². The van der Waals surface area contributed by atoms with Gasteiger partial charge < -0.3 is 5.32 Å². The van der Waals surface area contributed by atoms with Gasteiger partial charge in [0.05, 0.1) is 10.9 Å². The highest BCUT2D eigenvalue weighted by Gasteiger charge is 2.02. The number of pyridine rings is 1. The molecule has 0 radical (unpaired) electrons. The lowest BCUT2D eigenvalue weighted by atomic mass is 10.2. The molecule has 0 aliphatic rings. The van der Waals surface area contributed by atoms with Crippen molar-refractivity contribution in [3.05, 3.63) is 54.4 Å². The van der Waals surface area contributed by atoms with Gasteiger partial charge in [-0.15, -0.1) is 0 Å². The zero-order valence-electron chi connectivity index (χ0n) is 9.13. The van der Waals surface area contributed by atoms with Gasteiger partial charge in [0.15, 0.2) is 5.13 Å². The van der Waals surface area contributed by atoms with Crippen molar-refractivity contribution in [1.29, 1.82) is 0 Å². The van der Waals surface area contributed by atoms with Crippen LogP contribution < -0.4 is 5.32 Å². The van der Waals surface area contributed by atoms with Crippen LogP contribution in [0, 0.1) is 0 Å². The first-order chi connectivity index (χ1) is 8.42. The molecular formula is C13H11N3S. The summed E-state index contributed by atoms with van der Waals surface area (Å²) in [6, 6.07) is 12.3. The number of rotatable bonds is 3. The number of benzene rings is 1. The van der Waals surface area contributed by atoms with E-state index < -0.39 is 0 Å². The molecule has 3 aromatic rings. The molecule has 0 saturated heterocycles.